The van der Waals surface area contributed by atoms with E-state index in [9.17, 15) is 18.5 Å². The highest BCUT2D eigenvalue weighted by molar-refractivity contribution is 7.91. The molecule has 1 aromatic heterocycles. The van der Waals surface area contributed by atoms with Crippen LogP contribution in [0.3, 0.4) is 0 Å². The molecule has 1 unspecified atom stereocenters. The van der Waals surface area contributed by atoms with Gasteiger partial charge in [-0.15, -0.1) is 0 Å². The molecule has 168 valence electrons. The van der Waals surface area contributed by atoms with Crippen LogP contribution >= 0.6 is 0 Å². The third kappa shape index (κ3) is 4.34. The van der Waals surface area contributed by atoms with Crippen LogP contribution in [0.25, 0.3) is 0 Å². The topological polar surface area (TPSA) is 115 Å². The average Bonchev–Trinajstić information content (AvgIpc) is 3.17. The van der Waals surface area contributed by atoms with E-state index in [-0.39, 0.29) is 16.8 Å². The van der Waals surface area contributed by atoms with E-state index in [1.165, 1.54) is 32.2 Å². The van der Waals surface area contributed by atoms with Crippen LogP contribution in [0.15, 0.2) is 27.9 Å². The van der Waals surface area contributed by atoms with Gasteiger partial charge in [0.05, 0.1) is 11.9 Å². The molecule has 1 saturated carbocycles. The van der Waals surface area contributed by atoms with E-state index in [4.69, 9.17) is 9.20 Å². The molecule has 0 bridgehead atoms. The van der Waals surface area contributed by atoms with Gasteiger partial charge in [-0.3, -0.25) is 0 Å². The lowest BCUT2D eigenvalue weighted by Gasteiger charge is -2.21. The maximum absolute atomic E-state index is 14.7. The Balaban J connectivity index is 1.60. The number of hydrogen-bond acceptors (Lipinski definition) is 5. The minimum atomic E-state index is -3.79. The molecule has 1 fully saturated rings. The number of carbonyl (C=O) groups excluding carboxylic acids is 1. The Morgan fingerprint density at radius 2 is 2.00 bits per heavy atom. The minimum absolute atomic E-state index is 0.0930. The molecule has 7 nitrogen and oxygen atoms in total. The maximum Gasteiger partial charge on any atom is 0.332 e. The maximum atomic E-state index is 14.7. The second-order valence-electron chi connectivity index (χ2n) is 9.09. The van der Waals surface area contributed by atoms with Crippen molar-refractivity contribution in [2.75, 3.05) is 5.32 Å². The first kappa shape index (κ1) is 21.8. The monoisotopic (exact) mass is 449 g/mol. The molecule has 0 spiro atoms. The van der Waals surface area contributed by atoms with E-state index in [0.717, 1.165) is 30.4 Å². The van der Waals surface area contributed by atoms with Crippen LogP contribution in [0.4, 0.5) is 14.9 Å². The van der Waals surface area contributed by atoms with Crippen LogP contribution in [-0.2, 0) is 28.4 Å². The number of rotatable bonds is 6. The van der Waals surface area contributed by atoms with Crippen molar-refractivity contribution < 1.29 is 22.9 Å². The van der Waals surface area contributed by atoms with Crippen LogP contribution < -0.4 is 10.0 Å². The molecule has 1 heterocycles. The molecular weight excluding hydrogens is 421 g/mol. The largest absolute Gasteiger partial charge is 0.452 e. The van der Waals surface area contributed by atoms with Gasteiger partial charge in [0.15, 0.2) is 9.92 Å². The van der Waals surface area contributed by atoms with Crippen molar-refractivity contribution in [3.63, 3.8) is 0 Å². The van der Waals surface area contributed by atoms with E-state index >= 15 is 0 Å². The lowest BCUT2D eigenvalue weighted by Crippen LogP contribution is -2.34. The van der Waals surface area contributed by atoms with E-state index in [2.05, 4.69) is 10.0 Å². The molecule has 2 amide bonds. The third-order valence-electron chi connectivity index (χ3n) is 6.24. The average molecular weight is 450 g/mol. The molecule has 31 heavy (non-hydrogen) atoms. The highest BCUT2D eigenvalue weighted by atomic mass is 32.2. The Labute approximate surface area is 181 Å². The first-order valence-corrected chi connectivity index (χ1v) is 12.1. The molecule has 0 radical (unpaired) electrons. The van der Waals surface area contributed by atoms with Crippen molar-refractivity contribution >= 4 is 21.6 Å². The Bertz CT molecular complexity index is 1130. The van der Waals surface area contributed by atoms with Crippen molar-refractivity contribution in [2.45, 2.75) is 69.5 Å². The Kier molecular flexibility index (Phi) is 5.37. The summed E-state index contributed by atoms with van der Waals surface area (Å²) in [6.45, 7) is 5.10. The zero-order chi connectivity index (χ0) is 22.6. The van der Waals surface area contributed by atoms with Crippen LogP contribution in [0.2, 0.25) is 0 Å². The fourth-order valence-corrected chi connectivity index (χ4v) is 5.11. The van der Waals surface area contributed by atoms with Gasteiger partial charge in [-0.25, -0.2) is 22.9 Å². The van der Waals surface area contributed by atoms with Gasteiger partial charge >= 0.3 is 6.03 Å². The van der Waals surface area contributed by atoms with Crippen LogP contribution in [0.5, 0.6) is 0 Å². The predicted octanol–water partition coefficient (Wildman–Crippen LogP) is 4.79. The number of amides is 2. The summed E-state index contributed by atoms with van der Waals surface area (Å²) < 4.78 is 42.9. The second-order valence-corrected chi connectivity index (χ2v) is 10.8. The van der Waals surface area contributed by atoms with Gasteiger partial charge < -0.3 is 14.8 Å². The second kappa shape index (κ2) is 7.63. The zero-order valence-corrected chi connectivity index (χ0v) is 18.7. The normalized spacial score (nSPS) is 18.9. The molecule has 1 aromatic carbocycles. The van der Waals surface area contributed by atoms with Crippen molar-refractivity contribution in [3.8, 4) is 0 Å². The van der Waals surface area contributed by atoms with Crippen molar-refractivity contribution in [3.05, 3.63) is 46.5 Å². The van der Waals surface area contributed by atoms with E-state index in [1.807, 2.05) is 6.92 Å². The number of hydrogen-bond donors (Lipinski definition) is 4. The summed E-state index contributed by atoms with van der Waals surface area (Å²) in [4.78, 5) is 12.7. The fourth-order valence-electron chi connectivity index (χ4n) is 4.22. The summed E-state index contributed by atoms with van der Waals surface area (Å²) in [5.74, 6) is 0.321. The number of benzene rings is 1. The summed E-state index contributed by atoms with van der Waals surface area (Å²) in [6.07, 6.45) is 5.46. The number of halogens is 1. The number of urea groups is 1. The highest BCUT2D eigenvalue weighted by Gasteiger charge is 2.34. The molecule has 0 saturated heterocycles. The van der Waals surface area contributed by atoms with Gasteiger partial charge in [0.25, 0.3) is 0 Å². The van der Waals surface area contributed by atoms with Gasteiger partial charge in [0, 0.05) is 17.3 Å². The Morgan fingerprint density at radius 3 is 2.61 bits per heavy atom. The molecule has 4 rings (SSSR count). The molecule has 2 atom stereocenters. The van der Waals surface area contributed by atoms with Gasteiger partial charge in [-0.2, -0.15) is 0 Å². The zero-order valence-electron chi connectivity index (χ0n) is 17.9. The van der Waals surface area contributed by atoms with Gasteiger partial charge in [-0.05, 0) is 80.5 Å². The molecule has 0 aliphatic heterocycles. The summed E-state index contributed by atoms with van der Waals surface area (Å²) in [5.41, 5.74) is 1.84. The number of carbonyl (C=O) groups is 1. The summed E-state index contributed by atoms with van der Waals surface area (Å²) in [6, 6.07) is 2.00. The van der Waals surface area contributed by atoms with Gasteiger partial charge in [0.1, 0.15) is 5.82 Å². The quantitative estimate of drug-likeness (QED) is 0.507. The van der Waals surface area contributed by atoms with Crippen LogP contribution in [0, 0.1) is 16.5 Å². The van der Waals surface area contributed by atoms with Crippen LogP contribution in [0.1, 0.15) is 68.2 Å². The predicted molar refractivity (Wildman–Crippen MR) is 115 cm³/mol. The minimum Gasteiger partial charge on any atom is -0.452 e. The van der Waals surface area contributed by atoms with E-state index in [0.29, 0.717) is 35.6 Å². The van der Waals surface area contributed by atoms with E-state index in [1.54, 1.807) is 0 Å². The molecular formula is C22H28FN3O4S. The smallest absolute Gasteiger partial charge is 0.332 e. The molecule has 2 aromatic rings. The lowest BCUT2D eigenvalue weighted by atomic mass is 9.90. The Hall–Kier alpha value is -2.39. The summed E-state index contributed by atoms with van der Waals surface area (Å²) in [7, 11) is -3.79. The van der Waals surface area contributed by atoms with Crippen molar-refractivity contribution in [1.29, 1.82) is 4.78 Å². The first-order chi connectivity index (χ1) is 14.5. The Morgan fingerprint density at radius 1 is 1.32 bits per heavy atom. The van der Waals surface area contributed by atoms with Crippen molar-refractivity contribution in [1.82, 2.24) is 4.72 Å². The number of furan rings is 1. The highest BCUT2D eigenvalue weighted by Crippen LogP contribution is 2.47. The molecule has 2 aliphatic rings. The van der Waals surface area contributed by atoms with Crippen molar-refractivity contribution in [2.24, 2.45) is 5.92 Å². The molecule has 2 aliphatic carbocycles. The third-order valence-corrected chi connectivity index (χ3v) is 7.49. The SMILES string of the molecule is C[C@H](c1cc(F)c2c(c1NC(=O)NS(=N)(=O)c1cc(C(C)(C)O)co1)CCC2)C1CC1. The number of anilines is 1. The van der Waals surface area contributed by atoms with E-state index < -0.39 is 21.5 Å². The number of aliphatic hydroxyl groups is 1. The number of fused-ring (bicyclic) bond motifs is 1. The standard InChI is InChI=1S/C22H28FN3O4S/c1-12(13-7-8-13)17-10-18(23)15-5-4-6-16(15)20(17)25-21(27)26-31(24,29)19-9-14(11-30-19)22(2,3)28/h9-13,28H,4-8H2,1-3H3,(H3,24,25,26,27,29)/t12-,31?/m0/s1. The first-order valence-electron chi connectivity index (χ1n) is 10.5. The molecule has 9 heteroatoms. The fraction of sp³-hybridized carbons (Fsp3) is 0.500. The summed E-state index contributed by atoms with van der Waals surface area (Å²) in [5, 5.41) is 12.5. The molecule has 4 N–H and O–H groups in total. The van der Waals surface area contributed by atoms with Gasteiger partial charge in [-0.1, -0.05) is 6.92 Å². The summed E-state index contributed by atoms with van der Waals surface area (Å²) >= 11 is 0. The van der Waals surface area contributed by atoms with Crippen LogP contribution in [-0.4, -0.2) is 15.3 Å². The van der Waals surface area contributed by atoms with Gasteiger partial charge in [0.2, 0.25) is 5.09 Å². The number of nitrogens with one attached hydrogen (secondary N) is 3. The lowest BCUT2D eigenvalue weighted by molar-refractivity contribution is 0.0779.